The van der Waals surface area contributed by atoms with Crippen molar-refractivity contribution in [3.63, 3.8) is 0 Å². The topological polar surface area (TPSA) is 66.6 Å². The summed E-state index contributed by atoms with van der Waals surface area (Å²) in [7, 11) is 0. The van der Waals surface area contributed by atoms with Gasteiger partial charge in [-0.25, -0.2) is 4.21 Å². The molecule has 0 saturated carbocycles. The molecule has 1 fully saturated rings. The Morgan fingerprint density at radius 1 is 1.64 bits per heavy atom. The Morgan fingerprint density at radius 2 is 2.27 bits per heavy atom. The second kappa shape index (κ2) is 4.15. The van der Waals surface area contributed by atoms with Crippen molar-refractivity contribution in [2.75, 3.05) is 31.9 Å². The molecule has 1 heterocycles. The number of rotatable bonds is 4. The van der Waals surface area contributed by atoms with Gasteiger partial charge in [-0.3, -0.25) is 0 Å². The van der Waals surface area contributed by atoms with E-state index >= 15 is 0 Å². The summed E-state index contributed by atoms with van der Waals surface area (Å²) in [6.07, 6.45) is 0. The van der Waals surface area contributed by atoms with Crippen molar-refractivity contribution in [3.8, 4) is 0 Å². The number of hydrogen-bond donors (Lipinski definition) is 2. The van der Waals surface area contributed by atoms with Gasteiger partial charge in [0.1, 0.15) is 0 Å². The van der Waals surface area contributed by atoms with E-state index in [1.807, 2.05) is 0 Å². The molecular formula is C6H14N2O2S. The lowest BCUT2D eigenvalue weighted by atomic mass is 10.0. The lowest BCUT2D eigenvalue weighted by Gasteiger charge is -2.38. The minimum atomic E-state index is -1.64. The maximum atomic E-state index is 10.3. The zero-order valence-electron chi connectivity index (χ0n) is 6.40. The summed E-state index contributed by atoms with van der Waals surface area (Å²) in [5, 5.41) is 0. The monoisotopic (exact) mass is 178 g/mol. The van der Waals surface area contributed by atoms with Crippen molar-refractivity contribution in [1.29, 1.82) is 0 Å². The fraction of sp³-hybridized carbons (Fsp3) is 1.00. The number of nitrogens with two attached hydrogens (primary N) is 1. The molecule has 1 atom stereocenters. The highest BCUT2D eigenvalue weighted by Crippen LogP contribution is 2.12. The summed E-state index contributed by atoms with van der Waals surface area (Å²) in [6.45, 7) is 3.44. The lowest BCUT2D eigenvalue weighted by Crippen LogP contribution is -2.50. The molecule has 11 heavy (non-hydrogen) atoms. The molecule has 0 radical (unpaired) electrons. The van der Waals surface area contributed by atoms with Crippen LogP contribution in [0.15, 0.2) is 0 Å². The van der Waals surface area contributed by atoms with Gasteiger partial charge in [-0.1, -0.05) is 0 Å². The largest absolute Gasteiger partial charge is 0.330 e. The molecule has 0 aromatic rings. The Hall–Kier alpha value is 0.0300. The van der Waals surface area contributed by atoms with Gasteiger partial charge in [0.15, 0.2) is 11.1 Å². The van der Waals surface area contributed by atoms with Crippen LogP contribution in [0.1, 0.15) is 0 Å². The van der Waals surface area contributed by atoms with E-state index in [0.29, 0.717) is 11.7 Å². The quantitative estimate of drug-likeness (QED) is 0.547. The molecule has 3 N–H and O–H groups in total. The van der Waals surface area contributed by atoms with Gasteiger partial charge < -0.3 is 15.2 Å². The minimum absolute atomic E-state index is 0.358. The highest BCUT2D eigenvalue weighted by atomic mass is 32.2. The zero-order chi connectivity index (χ0) is 8.27. The van der Waals surface area contributed by atoms with E-state index in [9.17, 15) is 4.21 Å². The normalized spacial score (nSPS) is 23.1. The van der Waals surface area contributed by atoms with Crippen LogP contribution in [0.25, 0.3) is 0 Å². The molecule has 5 heteroatoms. The Kier molecular flexibility index (Phi) is 3.45. The third-order valence-corrected chi connectivity index (χ3v) is 2.48. The Morgan fingerprint density at radius 3 is 2.73 bits per heavy atom. The molecule has 1 aliphatic rings. The molecule has 1 aliphatic heterocycles. The summed E-state index contributed by atoms with van der Waals surface area (Å²) in [5.74, 6) is 0.972. The van der Waals surface area contributed by atoms with Crippen LogP contribution < -0.4 is 5.73 Å². The smallest absolute Gasteiger partial charge is 0.154 e. The first-order valence-corrected chi connectivity index (χ1v) is 5.00. The maximum Gasteiger partial charge on any atom is 0.154 e. The third-order valence-electron chi connectivity index (χ3n) is 1.95. The minimum Gasteiger partial charge on any atom is -0.330 e. The van der Waals surface area contributed by atoms with Crippen molar-refractivity contribution >= 4 is 11.1 Å². The lowest BCUT2D eigenvalue weighted by molar-refractivity contribution is 0.114. The summed E-state index contributed by atoms with van der Waals surface area (Å²) in [5.41, 5.74) is 5.42. The first kappa shape index (κ1) is 9.12. The van der Waals surface area contributed by atoms with Crippen LogP contribution in [0.3, 0.4) is 0 Å². The van der Waals surface area contributed by atoms with Gasteiger partial charge in [0.25, 0.3) is 0 Å². The Bertz CT molecular complexity index is 148. The summed E-state index contributed by atoms with van der Waals surface area (Å²) in [6, 6.07) is 0. The number of hydrogen-bond acceptors (Lipinski definition) is 3. The van der Waals surface area contributed by atoms with E-state index in [1.165, 1.54) is 0 Å². The molecule has 0 amide bonds. The summed E-state index contributed by atoms with van der Waals surface area (Å²) < 4.78 is 18.7. The van der Waals surface area contributed by atoms with Gasteiger partial charge in [0, 0.05) is 19.6 Å². The fourth-order valence-corrected chi connectivity index (χ4v) is 1.63. The molecule has 0 spiro atoms. The van der Waals surface area contributed by atoms with E-state index < -0.39 is 11.1 Å². The van der Waals surface area contributed by atoms with Crippen molar-refractivity contribution in [2.24, 2.45) is 11.7 Å². The second-order valence-electron chi connectivity index (χ2n) is 2.89. The van der Waals surface area contributed by atoms with Gasteiger partial charge in [0.2, 0.25) is 0 Å². The standard InChI is InChI=1S/C6H14N2O2S/c7-3-6-4-8(5-6)1-2-11(9)10/h6H,1-5,7H2,(H,9,10). The molecule has 0 bridgehead atoms. The molecule has 1 saturated heterocycles. The van der Waals surface area contributed by atoms with Gasteiger partial charge in [-0.05, 0) is 12.5 Å². The van der Waals surface area contributed by atoms with Crippen molar-refractivity contribution in [1.82, 2.24) is 4.90 Å². The van der Waals surface area contributed by atoms with E-state index in [-0.39, 0.29) is 0 Å². The van der Waals surface area contributed by atoms with Gasteiger partial charge in [0.05, 0.1) is 5.75 Å². The van der Waals surface area contributed by atoms with E-state index in [2.05, 4.69) is 4.90 Å². The zero-order valence-corrected chi connectivity index (χ0v) is 7.22. The number of nitrogens with zero attached hydrogens (tertiary/aromatic N) is 1. The predicted molar refractivity (Wildman–Crippen MR) is 44.6 cm³/mol. The maximum absolute atomic E-state index is 10.3. The van der Waals surface area contributed by atoms with Crippen molar-refractivity contribution < 1.29 is 8.76 Å². The van der Waals surface area contributed by atoms with Crippen LogP contribution >= 0.6 is 0 Å². The Labute approximate surface area is 69.0 Å². The van der Waals surface area contributed by atoms with Crippen molar-refractivity contribution in [2.45, 2.75) is 0 Å². The predicted octanol–water partition coefficient (Wildman–Crippen LogP) is -0.901. The number of likely N-dealkylation sites (tertiary alicyclic amines) is 1. The van der Waals surface area contributed by atoms with Gasteiger partial charge in [-0.2, -0.15) is 0 Å². The molecule has 66 valence electrons. The Balaban J connectivity index is 2.00. The van der Waals surface area contributed by atoms with Crippen LogP contribution in [-0.2, 0) is 11.1 Å². The van der Waals surface area contributed by atoms with Crippen LogP contribution in [-0.4, -0.2) is 45.6 Å². The molecule has 1 unspecified atom stereocenters. The van der Waals surface area contributed by atoms with Crippen LogP contribution in [0.4, 0.5) is 0 Å². The van der Waals surface area contributed by atoms with Crippen LogP contribution in [0, 0.1) is 5.92 Å². The SMILES string of the molecule is NCC1CN(CCS(=O)O)C1. The molecule has 1 rings (SSSR count). The molecule has 0 aliphatic carbocycles. The third kappa shape index (κ3) is 2.86. The van der Waals surface area contributed by atoms with Crippen molar-refractivity contribution in [3.05, 3.63) is 0 Å². The molecule has 4 nitrogen and oxygen atoms in total. The molecule has 0 aromatic heterocycles. The first-order chi connectivity index (χ1) is 5.22. The van der Waals surface area contributed by atoms with Gasteiger partial charge >= 0.3 is 0 Å². The molecular weight excluding hydrogens is 164 g/mol. The van der Waals surface area contributed by atoms with E-state index in [1.54, 1.807) is 0 Å². The second-order valence-corrected chi connectivity index (χ2v) is 3.94. The van der Waals surface area contributed by atoms with Crippen LogP contribution in [0.5, 0.6) is 0 Å². The molecule has 0 aromatic carbocycles. The summed E-state index contributed by atoms with van der Waals surface area (Å²) >= 11 is -1.64. The summed E-state index contributed by atoms with van der Waals surface area (Å²) in [4.78, 5) is 2.14. The van der Waals surface area contributed by atoms with Crippen LogP contribution in [0.2, 0.25) is 0 Å². The highest BCUT2D eigenvalue weighted by molar-refractivity contribution is 7.79. The van der Waals surface area contributed by atoms with Gasteiger partial charge in [-0.15, -0.1) is 0 Å². The van der Waals surface area contributed by atoms with E-state index in [4.69, 9.17) is 10.3 Å². The average Bonchev–Trinajstić information content (AvgIpc) is 1.84. The highest BCUT2D eigenvalue weighted by Gasteiger charge is 2.24. The first-order valence-electron chi connectivity index (χ1n) is 3.72. The fourth-order valence-electron chi connectivity index (χ4n) is 1.22. The van der Waals surface area contributed by atoms with E-state index in [0.717, 1.165) is 26.2 Å². The average molecular weight is 178 g/mol.